The highest BCUT2D eigenvalue weighted by atomic mass is 16.5. The summed E-state index contributed by atoms with van der Waals surface area (Å²) in [6, 6.07) is 3.40. The predicted octanol–water partition coefficient (Wildman–Crippen LogP) is 1.00. The Bertz CT molecular complexity index is 598. The molecular weight excluding hydrogens is 284 g/mol. The van der Waals surface area contributed by atoms with Gasteiger partial charge in [0.2, 0.25) is 5.91 Å². The van der Waals surface area contributed by atoms with Crippen LogP contribution in [-0.4, -0.2) is 50.6 Å². The number of carbonyl (C=O) groups is 2. The Hall–Kier alpha value is -2.50. The second kappa shape index (κ2) is 6.98. The highest BCUT2D eigenvalue weighted by Crippen LogP contribution is 2.33. The molecule has 0 radical (unpaired) electrons. The molecule has 118 valence electrons. The van der Waals surface area contributed by atoms with Gasteiger partial charge in [0.25, 0.3) is 5.91 Å². The van der Waals surface area contributed by atoms with Crippen molar-refractivity contribution in [3.8, 4) is 11.5 Å². The van der Waals surface area contributed by atoms with Crippen LogP contribution < -0.4 is 14.8 Å². The van der Waals surface area contributed by atoms with Gasteiger partial charge in [0.1, 0.15) is 0 Å². The molecule has 1 aliphatic rings. The van der Waals surface area contributed by atoms with Crippen LogP contribution in [0, 0.1) is 0 Å². The third-order valence-electron chi connectivity index (χ3n) is 3.49. The molecule has 2 rings (SSSR count). The van der Waals surface area contributed by atoms with Crippen LogP contribution in [0.15, 0.2) is 24.8 Å². The van der Waals surface area contributed by atoms with Crippen LogP contribution in [0.2, 0.25) is 0 Å². The molecule has 2 amide bonds. The molecule has 1 saturated heterocycles. The monoisotopic (exact) mass is 304 g/mol. The van der Waals surface area contributed by atoms with Gasteiger partial charge < -0.3 is 19.7 Å². The Morgan fingerprint density at radius 3 is 2.77 bits per heavy atom. The lowest BCUT2D eigenvalue weighted by molar-refractivity contribution is -0.123. The van der Waals surface area contributed by atoms with E-state index < -0.39 is 0 Å². The molecule has 6 nitrogen and oxygen atoms in total. The zero-order valence-electron chi connectivity index (χ0n) is 12.8. The molecular formula is C16H20N2O4. The summed E-state index contributed by atoms with van der Waals surface area (Å²) in [6.07, 6.45) is 2.29. The summed E-state index contributed by atoms with van der Waals surface area (Å²) >= 11 is 0. The van der Waals surface area contributed by atoms with Crippen molar-refractivity contribution in [2.45, 2.75) is 6.42 Å². The van der Waals surface area contributed by atoms with Crippen molar-refractivity contribution in [2.24, 2.45) is 0 Å². The third kappa shape index (κ3) is 3.21. The summed E-state index contributed by atoms with van der Waals surface area (Å²) in [7, 11) is 3.08. The summed E-state index contributed by atoms with van der Waals surface area (Å²) < 4.78 is 10.7. The summed E-state index contributed by atoms with van der Waals surface area (Å²) in [5.74, 6) is 0.745. The number of hydrogen-bond donors (Lipinski definition) is 1. The van der Waals surface area contributed by atoms with E-state index in [0.29, 0.717) is 36.6 Å². The molecule has 0 aromatic heterocycles. The van der Waals surface area contributed by atoms with Crippen molar-refractivity contribution in [3.05, 3.63) is 35.9 Å². The number of rotatable bonds is 5. The summed E-state index contributed by atoms with van der Waals surface area (Å²) in [4.78, 5) is 25.6. The minimum absolute atomic E-state index is 0.0734. The summed E-state index contributed by atoms with van der Waals surface area (Å²) in [5, 5.41) is 2.70. The van der Waals surface area contributed by atoms with Crippen molar-refractivity contribution in [1.29, 1.82) is 0 Å². The van der Waals surface area contributed by atoms with Crippen LogP contribution in [0.25, 0.3) is 0 Å². The Morgan fingerprint density at radius 1 is 1.41 bits per heavy atom. The Labute approximate surface area is 129 Å². The smallest absolute Gasteiger partial charge is 0.254 e. The van der Waals surface area contributed by atoms with E-state index >= 15 is 0 Å². The first-order chi connectivity index (χ1) is 10.6. The molecule has 0 bridgehead atoms. The number of ether oxygens (including phenoxy) is 2. The normalized spacial score (nSPS) is 14.3. The van der Waals surface area contributed by atoms with Gasteiger partial charge in [-0.05, 0) is 18.6 Å². The number of benzene rings is 1. The standard InChI is InChI=1S/C16H20N2O4/c1-4-5-11-8-12(9-13(21-2)15(11)22-3)16(20)18-7-6-17-14(19)10-18/h4,8-9H,1,5-7,10H2,2-3H3,(H,17,19). The molecule has 1 fully saturated rings. The van der Waals surface area contributed by atoms with Crippen molar-refractivity contribution in [2.75, 3.05) is 33.9 Å². The average molecular weight is 304 g/mol. The number of piperazine rings is 1. The molecule has 1 aromatic rings. The van der Waals surface area contributed by atoms with Gasteiger partial charge in [-0.3, -0.25) is 9.59 Å². The highest BCUT2D eigenvalue weighted by molar-refractivity contribution is 5.98. The van der Waals surface area contributed by atoms with Crippen LogP contribution in [0.4, 0.5) is 0 Å². The van der Waals surface area contributed by atoms with Gasteiger partial charge in [-0.1, -0.05) is 6.08 Å². The van der Waals surface area contributed by atoms with Crippen molar-refractivity contribution in [1.82, 2.24) is 10.2 Å². The van der Waals surface area contributed by atoms with Gasteiger partial charge >= 0.3 is 0 Å². The largest absolute Gasteiger partial charge is 0.493 e. The number of methoxy groups -OCH3 is 2. The van der Waals surface area contributed by atoms with E-state index in [2.05, 4.69) is 11.9 Å². The maximum atomic E-state index is 12.6. The van der Waals surface area contributed by atoms with Crippen molar-refractivity contribution >= 4 is 11.8 Å². The number of nitrogens with zero attached hydrogens (tertiary/aromatic N) is 1. The number of hydrogen-bond acceptors (Lipinski definition) is 4. The summed E-state index contributed by atoms with van der Waals surface area (Å²) in [5.41, 5.74) is 1.30. The molecule has 1 aromatic carbocycles. The fourth-order valence-corrected chi connectivity index (χ4v) is 2.47. The fourth-order valence-electron chi connectivity index (χ4n) is 2.47. The van der Waals surface area contributed by atoms with Crippen molar-refractivity contribution < 1.29 is 19.1 Å². The molecule has 0 spiro atoms. The second-order valence-corrected chi connectivity index (χ2v) is 4.94. The lowest BCUT2D eigenvalue weighted by Gasteiger charge is -2.27. The van der Waals surface area contributed by atoms with E-state index in [4.69, 9.17) is 9.47 Å². The average Bonchev–Trinajstić information content (AvgIpc) is 2.53. The van der Waals surface area contributed by atoms with Crippen LogP contribution in [0.5, 0.6) is 11.5 Å². The Kier molecular flexibility index (Phi) is 5.04. The summed E-state index contributed by atoms with van der Waals surface area (Å²) in [6.45, 7) is 4.76. The number of amides is 2. The number of allylic oxidation sites excluding steroid dienone is 1. The fraction of sp³-hybridized carbons (Fsp3) is 0.375. The molecule has 0 aliphatic carbocycles. The Balaban J connectivity index is 2.37. The van der Waals surface area contributed by atoms with Gasteiger partial charge in [0.15, 0.2) is 11.5 Å². The first kappa shape index (κ1) is 15.9. The quantitative estimate of drug-likeness (QED) is 0.824. The lowest BCUT2D eigenvalue weighted by atomic mass is 10.0. The molecule has 1 N–H and O–H groups in total. The molecule has 22 heavy (non-hydrogen) atoms. The predicted molar refractivity (Wildman–Crippen MR) is 82.4 cm³/mol. The van der Waals surface area contributed by atoms with E-state index in [0.717, 1.165) is 5.56 Å². The third-order valence-corrected chi connectivity index (χ3v) is 3.49. The molecule has 0 unspecified atom stereocenters. The zero-order valence-corrected chi connectivity index (χ0v) is 12.8. The second-order valence-electron chi connectivity index (χ2n) is 4.94. The Morgan fingerprint density at radius 2 is 2.18 bits per heavy atom. The maximum Gasteiger partial charge on any atom is 0.254 e. The SMILES string of the molecule is C=CCc1cc(C(=O)N2CCNC(=O)C2)cc(OC)c1OC. The van der Waals surface area contributed by atoms with E-state index in [1.807, 2.05) is 0 Å². The molecule has 1 aliphatic heterocycles. The number of nitrogens with one attached hydrogen (secondary N) is 1. The van der Waals surface area contributed by atoms with Gasteiger partial charge in [-0.15, -0.1) is 6.58 Å². The van der Waals surface area contributed by atoms with Crippen LogP contribution in [0.3, 0.4) is 0 Å². The highest BCUT2D eigenvalue weighted by Gasteiger charge is 2.24. The van der Waals surface area contributed by atoms with Gasteiger partial charge in [-0.25, -0.2) is 0 Å². The van der Waals surface area contributed by atoms with Crippen molar-refractivity contribution in [3.63, 3.8) is 0 Å². The topological polar surface area (TPSA) is 67.9 Å². The zero-order chi connectivity index (χ0) is 16.1. The first-order valence-corrected chi connectivity index (χ1v) is 7.02. The van der Waals surface area contributed by atoms with Crippen LogP contribution in [-0.2, 0) is 11.2 Å². The molecule has 1 heterocycles. The van der Waals surface area contributed by atoms with Crippen LogP contribution >= 0.6 is 0 Å². The molecule has 0 atom stereocenters. The minimum Gasteiger partial charge on any atom is -0.493 e. The van der Waals surface area contributed by atoms with E-state index in [1.54, 1.807) is 25.3 Å². The van der Waals surface area contributed by atoms with Gasteiger partial charge in [0.05, 0.1) is 20.8 Å². The molecule has 0 saturated carbocycles. The van der Waals surface area contributed by atoms with E-state index in [-0.39, 0.29) is 18.4 Å². The minimum atomic E-state index is -0.193. The van der Waals surface area contributed by atoms with Crippen LogP contribution in [0.1, 0.15) is 15.9 Å². The van der Waals surface area contributed by atoms with Gasteiger partial charge in [0, 0.05) is 24.2 Å². The molecule has 6 heteroatoms. The van der Waals surface area contributed by atoms with E-state index in [9.17, 15) is 9.59 Å². The maximum absolute atomic E-state index is 12.6. The first-order valence-electron chi connectivity index (χ1n) is 7.02. The number of carbonyl (C=O) groups excluding carboxylic acids is 2. The van der Waals surface area contributed by atoms with Gasteiger partial charge in [-0.2, -0.15) is 0 Å². The lowest BCUT2D eigenvalue weighted by Crippen LogP contribution is -2.50. The van der Waals surface area contributed by atoms with E-state index in [1.165, 1.54) is 12.0 Å².